The van der Waals surface area contributed by atoms with Crippen molar-refractivity contribution in [3.63, 3.8) is 0 Å². The van der Waals surface area contributed by atoms with Gasteiger partial charge in [-0.2, -0.15) is 0 Å². The molecule has 0 bridgehead atoms. The van der Waals surface area contributed by atoms with Crippen molar-refractivity contribution in [2.45, 2.75) is 51.7 Å². The second-order valence-electron chi connectivity index (χ2n) is 12.1. The summed E-state index contributed by atoms with van der Waals surface area (Å²) in [7, 11) is 4.22. The topological polar surface area (TPSA) is 85.8 Å². The van der Waals surface area contributed by atoms with Gasteiger partial charge in [-0.3, -0.25) is 0 Å². The molecule has 1 unspecified atom stereocenters. The number of carbonyl (C=O) groups is 1. The number of aromatic nitrogens is 2. The molecule has 1 aliphatic carbocycles. The van der Waals surface area contributed by atoms with E-state index >= 15 is 4.39 Å². The van der Waals surface area contributed by atoms with Crippen molar-refractivity contribution in [2.24, 2.45) is 0 Å². The van der Waals surface area contributed by atoms with Crippen LogP contribution in [0.4, 0.5) is 13.6 Å². The summed E-state index contributed by atoms with van der Waals surface area (Å²) in [5.41, 5.74) is 4.21. The predicted molar refractivity (Wildman–Crippen MR) is 168 cm³/mol. The molecule has 0 saturated heterocycles. The number of aryl methyl sites for hydroxylation is 1. The molecule has 0 aliphatic heterocycles. The maximum Gasteiger partial charge on any atom is 0.407 e. The Morgan fingerprint density at radius 3 is 2.61 bits per heavy atom. The Labute approximate surface area is 260 Å². The molecule has 0 spiro atoms. The number of carbonyl (C=O) groups excluding carboxylic acids is 1. The number of fused-ring (bicyclic) bond motifs is 2. The van der Waals surface area contributed by atoms with E-state index in [1.807, 2.05) is 6.07 Å². The average molecular weight is 625 g/mol. The van der Waals surface area contributed by atoms with Crippen molar-refractivity contribution in [2.75, 3.05) is 40.5 Å². The summed E-state index contributed by atoms with van der Waals surface area (Å²) in [5.74, 6) is -0.601. The van der Waals surface area contributed by atoms with E-state index in [4.69, 9.17) is 14.2 Å². The van der Waals surface area contributed by atoms with Crippen molar-refractivity contribution in [3.8, 4) is 28.3 Å². The Morgan fingerprint density at radius 1 is 1.05 bits per heavy atom. The molecule has 234 valence electrons. The van der Waals surface area contributed by atoms with Crippen molar-refractivity contribution >= 4 is 27.5 Å². The van der Waals surface area contributed by atoms with E-state index in [2.05, 4.69) is 46.6 Å². The van der Waals surface area contributed by atoms with Gasteiger partial charge >= 0.3 is 6.09 Å². The van der Waals surface area contributed by atoms with E-state index in [-0.39, 0.29) is 37.9 Å². The van der Waals surface area contributed by atoms with E-state index in [0.29, 0.717) is 33.1 Å². The number of thiophene rings is 1. The van der Waals surface area contributed by atoms with Crippen LogP contribution in [0.2, 0.25) is 0 Å². The molecular formula is C33H38F2N4O4S. The fourth-order valence-electron chi connectivity index (χ4n) is 5.29. The number of halogens is 2. The highest BCUT2D eigenvalue weighted by Crippen LogP contribution is 2.41. The van der Waals surface area contributed by atoms with E-state index in [1.165, 1.54) is 40.0 Å². The van der Waals surface area contributed by atoms with Gasteiger partial charge in [0, 0.05) is 35.2 Å². The number of amides is 1. The molecule has 5 rings (SSSR count). The van der Waals surface area contributed by atoms with Crippen LogP contribution in [0.3, 0.4) is 0 Å². The standard InChI is InChI=1S/C33H38F2N4O4S/c1-33(2,3)43-32(40)36-12-13-41-14-15-42-27-18-23(34)9-11-25(27)30-31-28(26(35)19-44-31)29(37-38-30)22-7-6-21-17-24(39(4)5)10-8-20(21)16-22/h6-7,9,11,16,18-19,24H,8,10,12-15,17H2,1-5H3,(H,36,40). The quantitative estimate of drug-likeness (QED) is 0.198. The molecule has 1 atom stereocenters. The van der Waals surface area contributed by atoms with Crippen molar-refractivity contribution in [1.82, 2.24) is 20.4 Å². The third-order valence-electron chi connectivity index (χ3n) is 7.46. The maximum atomic E-state index is 15.3. The normalized spacial score (nSPS) is 15.0. The Kier molecular flexibility index (Phi) is 9.77. The summed E-state index contributed by atoms with van der Waals surface area (Å²) in [6.07, 6.45) is 2.48. The lowest BCUT2D eigenvalue weighted by Gasteiger charge is -2.30. The summed E-state index contributed by atoms with van der Waals surface area (Å²) >= 11 is 1.23. The zero-order valence-corrected chi connectivity index (χ0v) is 26.5. The monoisotopic (exact) mass is 624 g/mol. The van der Waals surface area contributed by atoms with Crippen LogP contribution in [0.5, 0.6) is 5.75 Å². The highest BCUT2D eigenvalue weighted by atomic mass is 32.1. The summed E-state index contributed by atoms with van der Waals surface area (Å²) < 4.78 is 46.8. The maximum absolute atomic E-state index is 15.3. The smallest absolute Gasteiger partial charge is 0.407 e. The first-order valence-electron chi connectivity index (χ1n) is 14.7. The molecule has 1 aliphatic rings. The molecule has 0 radical (unpaired) electrons. The van der Waals surface area contributed by atoms with Crippen LogP contribution in [0.25, 0.3) is 32.6 Å². The summed E-state index contributed by atoms with van der Waals surface area (Å²) in [4.78, 5) is 14.0. The van der Waals surface area contributed by atoms with Gasteiger partial charge in [-0.05, 0) is 83.5 Å². The van der Waals surface area contributed by atoms with Crippen LogP contribution in [-0.4, -0.2) is 73.3 Å². The van der Waals surface area contributed by atoms with Gasteiger partial charge in [0.25, 0.3) is 0 Å². The number of hydrogen-bond acceptors (Lipinski definition) is 8. The van der Waals surface area contributed by atoms with Crippen LogP contribution < -0.4 is 10.1 Å². The van der Waals surface area contributed by atoms with Crippen LogP contribution in [0.1, 0.15) is 38.3 Å². The van der Waals surface area contributed by atoms with E-state index in [1.54, 1.807) is 26.8 Å². The lowest BCUT2D eigenvalue weighted by Crippen LogP contribution is -2.34. The molecule has 1 N–H and O–H groups in total. The fourth-order valence-corrected chi connectivity index (χ4v) is 6.21. The number of nitrogens with zero attached hydrogens (tertiary/aromatic N) is 3. The van der Waals surface area contributed by atoms with E-state index in [9.17, 15) is 9.18 Å². The average Bonchev–Trinajstić information content (AvgIpc) is 3.36. The predicted octanol–water partition coefficient (Wildman–Crippen LogP) is 6.64. The molecule has 0 saturated carbocycles. The molecule has 2 heterocycles. The zero-order chi connectivity index (χ0) is 31.4. The van der Waals surface area contributed by atoms with Crippen LogP contribution >= 0.6 is 11.3 Å². The second-order valence-corrected chi connectivity index (χ2v) is 12.9. The third kappa shape index (κ3) is 7.51. The van der Waals surface area contributed by atoms with Crippen molar-refractivity contribution in [3.05, 3.63) is 64.5 Å². The second kappa shape index (κ2) is 13.5. The number of alkyl carbamates (subject to hydrolysis) is 1. The van der Waals surface area contributed by atoms with E-state index < -0.39 is 17.5 Å². The number of rotatable bonds is 10. The highest BCUT2D eigenvalue weighted by Gasteiger charge is 2.24. The number of nitrogens with one attached hydrogen (secondary N) is 1. The van der Waals surface area contributed by atoms with Gasteiger partial charge in [0.1, 0.15) is 41.0 Å². The summed E-state index contributed by atoms with van der Waals surface area (Å²) in [6, 6.07) is 10.9. The van der Waals surface area contributed by atoms with E-state index in [0.717, 1.165) is 24.8 Å². The van der Waals surface area contributed by atoms with Crippen LogP contribution in [-0.2, 0) is 22.3 Å². The van der Waals surface area contributed by atoms with Gasteiger partial charge < -0.3 is 24.4 Å². The SMILES string of the molecule is CN(C)C1CCc2cc(-c3nnc(-c4ccc(F)cc4OCCOCCNC(=O)OC(C)(C)C)c4scc(F)c34)ccc2C1. The first-order chi connectivity index (χ1) is 21.0. The van der Waals surface area contributed by atoms with Crippen LogP contribution in [0, 0.1) is 11.6 Å². The largest absolute Gasteiger partial charge is 0.490 e. The Bertz CT molecular complexity index is 1640. The lowest BCUT2D eigenvalue weighted by molar-refractivity contribution is 0.0489. The van der Waals surface area contributed by atoms with Crippen molar-refractivity contribution < 1.29 is 27.8 Å². The van der Waals surface area contributed by atoms with Gasteiger partial charge in [0.15, 0.2) is 0 Å². The third-order valence-corrected chi connectivity index (χ3v) is 8.42. The fraction of sp³-hybridized carbons (Fsp3) is 0.424. The Balaban J connectivity index is 1.31. The zero-order valence-electron chi connectivity index (χ0n) is 25.7. The molecular weight excluding hydrogens is 586 g/mol. The molecule has 0 fully saturated rings. The molecule has 8 nitrogen and oxygen atoms in total. The first kappa shape index (κ1) is 31.7. The Morgan fingerprint density at radius 2 is 1.84 bits per heavy atom. The number of ether oxygens (including phenoxy) is 3. The molecule has 11 heteroatoms. The molecule has 2 aromatic heterocycles. The first-order valence-corrected chi connectivity index (χ1v) is 15.6. The molecule has 44 heavy (non-hydrogen) atoms. The number of benzene rings is 2. The van der Waals surface area contributed by atoms with Crippen LogP contribution in [0.15, 0.2) is 41.8 Å². The molecule has 1 amide bonds. The highest BCUT2D eigenvalue weighted by molar-refractivity contribution is 7.17. The van der Waals surface area contributed by atoms with Crippen molar-refractivity contribution in [1.29, 1.82) is 0 Å². The Hall–Kier alpha value is -3.67. The number of likely N-dealkylation sites (N-methyl/N-ethyl adjacent to an activating group) is 1. The minimum Gasteiger partial charge on any atom is -0.490 e. The van der Waals surface area contributed by atoms with Gasteiger partial charge in [-0.1, -0.05) is 12.1 Å². The van der Waals surface area contributed by atoms with Gasteiger partial charge in [-0.25, -0.2) is 13.6 Å². The van der Waals surface area contributed by atoms with Gasteiger partial charge in [-0.15, -0.1) is 21.5 Å². The molecule has 2 aromatic carbocycles. The van der Waals surface area contributed by atoms with Gasteiger partial charge in [0.2, 0.25) is 0 Å². The lowest BCUT2D eigenvalue weighted by atomic mass is 9.86. The van der Waals surface area contributed by atoms with Gasteiger partial charge in [0.05, 0.1) is 23.3 Å². The molecule has 4 aromatic rings. The minimum absolute atomic E-state index is 0.125. The number of hydrogen-bond donors (Lipinski definition) is 1. The summed E-state index contributed by atoms with van der Waals surface area (Å²) in [6.45, 7) is 6.21. The minimum atomic E-state index is -0.579. The summed E-state index contributed by atoms with van der Waals surface area (Å²) in [5, 5.41) is 13.5.